The Hall–Kier alpha value is -0.160. The van der Waals surface area contributed by atoms with Crippen molar-refractivity contribution in [2.75, 3.05) is 39.4 Å². The van der Waals surface area contributed by atoms with Gasteiger partial charge in [0.25, 0.3) is 0 Å². The van der Waals surface area contributed by atoms with Crippen LogP contribution < -0.4 is 5.73 Å². The number of likely N-dealkylation sites (tertiary alicyclic amines) is 1. The molecule has 3 unspecified atom stereocenters. The van der Waals surface area contributed by atoms with Gasteiger partial charge in [0.1, 0.15) is 0 Å². The topological polar surface area (TPSA) is 58.7 Å². The summed E-state index contributed by atoms with van der Waals surface area (Å²) in [4.78, 5) is 2.31. The second-order valence-corrected chi connectivity index (χ2v) is 4.83. The highest BCUT2D eigenvalue weighted by molar-refractivity contribution is 4.79. The molecule has 1 saturated heterocycles. The van der Waals surface area contributed by atoms with Crippen LogP contribution in [0, 0.1) is 11.8 Å². The van der Waals surface area contributed by atoms with Crippen LogP contribution in [0.15, 0.2) is 0 Å². The summed E-state index contributed by atoms with van der Waals surface area (Å²) in [5.74, 6) is 1.29. The third-order valence-corrected chi connectivity index (χ3v) is 3.48. The Balaban J connectivity index is 2.27. The quantitative estimate of drug-likeness (QED) is 0.689. The SMILES string of the molecule is CCOCC(O)CN1CCC(C)C(CN)C1. The molecule has 0 bridgehead atoms. The van der Waals surface area contributed by atoms with Crippen LogP contribution in [0.25, 0.3) is 0 Å². The van der Waals surface area contributed by atoms with Gasteiger partial charge in [-0.25, -0.2) is 0 Å². The van der Waals surface area contributed by atoms with Gasteiger partial charge in [0.15, 0.2) is 0 Å². The van der Waals surface area contributed by atoms with E-state index >= 15 is 0 Å². The fraction of sp³-hybridized carbons (Fsp3) is 1.00. The predicted molar refractivity (Wildman–Crippen MR) is 65.3 cm³/mol. The van der Waals surface area contributed by atoms with Gasteiger partial charge in [-0.2, -0.15) is 0 Å². The molecule has 0 saturated carbocycles. The van der Waals surface area contributed by atoms with Crippen molar-refractivity contribution in [1.29, 1.82) is 0 Å². The third kappa shape index (κ3) is 4.37. The Morgan fingerprint density at radius 3 is 2.94 bits per heavy atom. The molecule has 3 N–H and O–H groups in total. The first kappa shape index (κ1) is 13.9. The predicted octanol–water partition coefficient (Wildman–Crippen LogP) is 0.301. The summed E-state index contributed by atoms with van der Waals surface area (Å²) in [5, 5.41) is 9.76. The average Bonchev–Trinajstić information content (AvgIpc) is 2.29. The minimum atomic E-state index is -0.369. The number of β-amino-alcohol motifs (C(OH)–C–C–N with tert-alkyl or cyclic N) is 1. The first-order valence-corrected chi connectivity index (χ1v) is 6.35. The molecule has 0 aromatic carbocycles. The van der Waals surface area contributed by atoms with E-state index in [0.29, 0.717) is 31.6 Å². The first-order valence-electron chi connectivity index (χ1n) is 6.35. The zero-order chi connectivity index (χ0) is 12.0. The van der Waals surface area contributed by atoms with Crippen LogP contribution >= 0.6 is 0 Å². The highest BCUT2D eigenvalue weighted by atomic mass is 16.5. The number of aliphatic hydroxyl groups excluding tert-OH is 1. The van der Waals surface area contributed by atoms with Crippen molar-refractivity contribution in [2.24, 2.45) is 17.6 Å². The molecular formula is C12H26N2O2. The minimum absolute atomic E-state index is 0.369. The number of aliphatic hydroxyl groups is 1. The molecule has 4 heteroatoms. The zero-order valence-corrected chi connectivity index (χ0v) is 10.6. The molecule has 16 heavy (non-hydrogen) atoms. The van der Waals surface area contributed by atoms with Crippen molar-refractivity contribution in [1.82, 2.24) is 4.90 Å². The van der Waals surface area contributed by atoms with E-state index in [0.717, 1.165) is 19.6 Å². The maximum Gasteiger partial charge on any atom is 0.0900 e. The molecular weight excluding hydrogens is 204 g/mol. The third-order valence-electron chi connectivity index (χ3n) is 3.48. The molecule has 3 atom stereocenters. The maximum atomic E-state index is 9.76. The van der Waals surface area contributed by atoms with E-state index in [-0.39, 0.29) is 6.10 Å². The number of rotatable bonds is 6. The summed E-state index contributed by atoms with van der Waals surface area (Å²) in [7, 11) is 0. The lowest BCUT2D eigenvalue weighted by atomic mass is 9.87. The van der Waals surface area contributed by atoms with Gasteiger partial charge in [0, 0.05) is 19.7 Å². The molecule has 0 spiro atoms. The van der Waals surface area contributed by atoms with Gasteiger partial charge in [0.2, 0.25) is 0 Å². The van der Waals surface area contributed by atoms with Crippen LogP contribution in [0.2, 0.25) is 0 Å². The van der Waals surface area contributed by atoms with Gasteiger partial charge in [-0.1, -0.05) is 6.92 Å². The maximum absolute atomic E-state index is 9.76. The molecule has 1 rings (SSSR count). The van der Waals surface area contributed by atoms with Crippen molar-refractivity contribution in [3.8, 4) is 0 Å². The number of nitrogens with zero attached hydrogens (tertiary/aromatic N) is 1. The molecule has 0 radical (unpaired) electrons. The van der Waals surface area contributed by atoms with Crippen molar-refractivity contribution in [2.45, 2.75) is 26.4 Å². The van der Waals surface area contributed by atoms with E-state index in [1.165, 1.54) is 6.42 Å². The number of nitrogens with two attached hydrogens (primary N) is 1. The molecule has 0 aromatic heterocycles. The Bertz CT molecular complexity index is 190. The molecule has 4 nitrogen and oxygen atoms in total. The van der Waals surface area contributed by atoms with E-state index < -0.39 is 0 Å². The highest BCUT2D eigenvalue weighted by Crippen LogP contribution is 2.22. The van der Waals surface area contributed by atoms with E-state index in [2.05, 4.69) is 11.8 Å². The van der Waals surface area contributed by atoms with Gasteiger partial charge in [-0.15, -0.1) is 0 Å². The molecule has 0 aliphatic carbocycles. The molecule has 0 aromatic rings. The molecule has 1 aliphatic heterocycles. The van der Waals surface area contributed by atoms with Crippen LogP contribution in [-0.2, 0) is 4.74 Å². The summed E-state index contributed by atoms with van der Waals surface area (Å²) in [6.45, 7) is 8.87. The molecule has 1 fully saturated rings. The Kier molecular flexibility index (Phi) is 6.28. The number of piperidine rings is 1. The normalized spacial score (nSPS) is 29.2. The van der Waals surface area contributed by atoms with Crippen molar-refractivity contribution >= 4 is 0 Å². The number of hydrogen-bond donors (Lipinski definition) is 2. The smallest absolute Gasteiger partial charge is 0.0900 e. The second-order valence-electron chi connectivity index (χ2n) is 4.83. The van der Waals surface area contributed by atoms with Crippen LogP contribution in [-0.4, -0.2) is 55.5 Å². The fourth-order valence-electron chi connectivity index (χ4n) is 2.30. The summed E-state index contributed by atoms with van der Waals surface area (Å²) in [5.41, 5.74) is 5.75. The van der Waals surface area contributed by atoms with E-state index in [1.54, 1.807) is 0 Å². The highest BCUT2D eigenvalue weighted by Gasteiger charge is 2.25. The summed E-state index contributed by atoms with van der Waals surface area (Å²) in [6, 6.07) is 0. The van der Waals surface area contributed by atoms with Crippen molar-refractivity contribution in [3.05, 3.63) is 0 Å². The van der Waals surface area contributed by atoms with Gasteiger partial charge < -0.3 is 20.5 Å². The summed E-state index contributed by atoms with van der Waals surface area (Å²) >= 11 is 0. The van der Waals surface area contributed by atoms with Gasteiger partial charge >= 0.3 is 0 Å². The average molecular weight is 230 g/mol. The number of ether oxygens (including phenoxy) is 1. The van der Waals surface area contributed by atoms with E-state index in [4.69, 9.17) is 10.5 Å². The number of hydrogen-bond acceptors (Lipinski definition) is 4. The van der Waals surface area contributed by atoms with Crippen molar-refractivity contribution < 1.29 is 9.84 Å². The summed E-state index contributed by atoms with van der Waals surface area (Å²) < 4.78 is 5.21. The van der Waals surface area contributed by atoms with Crippen LogP contribution in [0.4, 0.5) is 0 Å². The fourth-order valence-corrected chi connectivity index (χ4v) is 2.30. The first-order chi connectivity index (χ1) is 7.67. The van der Waals surface area contributed by atoms with Crippen LogP contribution in [0.3, 0.4) is 0 Å². The van der Waals surface area contributed by atoms with E-state index in [9.17, 15) is 5.11 Å². The zero-order valence-electron chi connectivity index (χ0n) is 10.6. The van der Waals surface area contributed by atoms with Gasteiger partial charge in [-0.05, 0) is 38.3 Å². The minimum Gasteiger partial charge on any atom is -0.389 e. The lowest BCUT2D eigenvalue weighted by molar-refractivity contribution is 0.00815. The standard InChI is InChI=1S/C12H26N2O2/c1-3-16-9-12(15)8-14-5-4-10(2)11(6-13)7-14/h10-12,15H,3-9,13H2,1-2H3. The molecule has 96 valence electrons. The second kappa shape index (κ2) is 7.22. The van der Waals surface area contributed by atoms with Gasteiger partial charge in [0.05, 0.1) is 12.7 Å². The Morgan fingerprint density at radius 2 is 2.31 bits per heavy atom. The van der Waals surface area contributed by atoms with Crippen LogP contribution in [0.5, 0.6) is 0 Å². The largest absolute Gasteiger partial charge is 0.389 e. The molecule has 0 amide bonds. The lowest BCUT2D eigenvalue weighted by Crippen LogP contribution is -2.46. The molecule has 1 heterocycles. The van der Waals surface area contributed by atoms with Crippen molar-refractivity contribution in [3.63, 3.8) is 0 Å². The lowest BCUT2D eigenvalue weighted by Gasteiger charge is -2.37. The monoisotopic (exact) mass is 230 g/mol. The van der Waals surface area contributed by atoms with Gasteiger partial charge in [-0.3, -0.25) is 0 Å². The Labute approximate surface area is 98.8 Å². The Morgan fingerprint density at radius 1 is 1.56 bits per heavy atom. The van der Waals surface area contributed by atoms with E-state index in [1.807, 2.05) is 6.92 Å². The summed E-state index contributed by atoms with van der Waals surface area (Å²) in [6.07, 6.45) is 0.815. The molecule has 1 aliphatic rings. The van der Waals surface area contributed by atoms with Crippen LogP contribution in [0.1, 0.15) is 20.3 Å².